The van der Waals surface area contributed by atoms with E-state index < -0.39 is 0 Å². The van der Waals surface area contributed by atoms with Crippen LogP contribution in [-0.4, -0.2) is 34.8 Å². The van der Waals surface area contributed by atoms with E-state index >= 15 is 0 Å². The summed E-state index contributed by atoms with van der Waals surface area (Å²) in [5, 5.41) is 8.24. The van der Waals surface area contributed by atoms with E-state index in [4.69, 9.17) is 5.11 Å². The molecule has 1 nitrogen and oxygen atoms in total. The Morgan fingerprint density at radius 3 is 1.88 bits per heavy atom. The summed E-state index contributed by atoms with van der Waals surface area (Å²) < 4.78 is 0. The van der Waals surface area contributed by atoms with Crippen LogP contribution in [-0.2, 0) is 0 Å². The largest absolute Gasteiger partial charge is 2.00 e. The van der Waals surface area contributed by atoms with E-state index in [-0.39, 0.29) is 38.3 Å². The van der Waals surface area contributed by atoms with E-state index in [2.05, 4.69) is 13.8 Å². The van der Waals surface area contributed by atoms with Gasteiger partial charge in [-0.05, 0) is 12.3 Å². The second kappa shape index (κ2) is 10.9. The Balaban J connectivity index is -0.0000000208. The van der Waals surface area contributed by atoms with Gasteiger partial charge in [0.2, 0.25) is 0 Å². The average molecular weight is 151 g/mol. The molecule has 0 saturated carbocycles. The molecule has 50 valence electrons. The van der Waals surface area contributed by atoms with Crippen molar-refractivity contribution in [2.75, 3.05) is 6.61 Å². The molecule has 0 aromatic rings. The van der Waals surface area contributed by atoms with E-state index in [1.807, 2.05) is 0 Å². The minimum atomic E-state index is 0. The Kier molecular flexibility index (Phi) is 21.8. The Bertz CT molecular complexity index is 40.8. The number of rotatable bonds is 2. The van der Waals surface area contributed by atoms with Crippen molar-refractivity contribution in [2.45, 2.75) is 20.3 Å². The van der Waals surface area contributed by atoms with Gasteiger partial charge in [-0.15, -0.1) is 12.4 Å². The molecule has 0 atom stereocenters. The summed E-state index contributed by atoms with van der Waals surface area (Å²) in [6.07, 6.45) is 0.931. The first-order valence-electron chi connectivity index (χ1n) is 2.38. The maximum Gasteiger partial charge on any atom is 2.00 e. The summed E-state index contributed by atoms with van der Waals surface area (Å²) in [5.74, 6) is 0.648. The van der Waals surface area contributed by atoms with Crippen molar-refractivity contribution in [1.29, 1.82) is 0 Å². The fourth-order valence-corrected chi connectivity index (χ4v) is 0.258. The van der Waals surface area contributed by atoms with Gasteiger partial charge in [0.05, 0.1) is 0 Å². The summed E-state index contributed by atoms with van der Waals surface area (Å²) >= 11 is 0. The van der Waals surface area contributed by atoms with Crippen LogP contribution in [0.3, 0.4) is 0 Å². The summed E-state index contributed by atoms with van der Waals surface area (Å²) in [6, 6.07) is 0. The quantitative estimate of drug-likeness (QED) is 0.589. The average Bonchev–Trinajstić information content (AvgIpc) is 1.35. The fraction of sp³-hybridized carbons (Fsp3) is 1.00. The van der Waals surface area contributed by atoms with Crippen LogP contribution in [0, 0.1) is 5.92 Å². The van der Waals surface area contributed by atoms with Gasteiger partial charge < -0.3 is 7.96 Å². The molecule has 0 heterocycles. The van der Waals surface area contributed by atoms with Gasteiger partial charge in [0, 0.05) is 6.61 Å². The predicted molar refractivity (Wildman–Crippen MR) is 41.8 cm³/mol. The van der Waals surface area contributed by atoms with Crippen LogP contribution in [0.1, 0.15) is 23.1 Å². The molecule has 0 saturated heterocycles. The van der Waals surface area contributed by atoms with Gasteiger partial charge in [0.15, 0.2) is 0 Å². The molecule has 1 N–H and O–H groups in total. The van der Waals surface area contributed by atoms with Gasteiger partial charge in [-0.2, -0.15) is 0 Å². The van der Waals surface area contributed by atoms with Crippen molar-refractivity contribution in [3.63, 3.8) is 0 Å². The molecule has 0 spiro atoms. The Morgan fingerprint density at radius 1 is 1.50 bits per heavy atom. The topological polar surface area (TPSA) is 20.2 Å². The predicted octanol–water partition coefficient (Wildman–Crippen LogP) is 1.29. The molecule has 0 fully saturated rings. The molecule has 0 amide bonds. The van der Waals surface area contributed by atoms with E-state index in [0.29, 0.717) is 12.5 Å². The summed E-state index contributed by atoms with van der Waals surface area (Å²) in [5.41, 5.74) is 0. The standard InChI is InChI=1S/C5H12O.ClH.Mg.2H/c1-5(2)3-4-6;;;;/h5-6H,3-4H2,1-2H3;1H;;;/q;;+2;2*-1. The number of aliphatic hydroxyl groups is 1. The van der Waals surface area contributed by atoms with Gasteiger partial charge in [-0.3, -0.25) is 0 Å². The van der Waals surface area contributed by atoms with Crippen molar-refractivity contribution in [2.24, 2.45) is 5.92 Å². The van der Waals surface area contributed by atoms with Gasteiger partial charge in [-0.25, -0.2) is 0 Å². The van der Waals surface area contributed by atoms with Crippen LogP contribution in [0.25, 0.3) is 0 Å². The zero-order chi connectivity index (χ0) is 4.99. The minimum absolute atomic E-state index is 0. The van der Waals surface area contributed by atoms with Crippen LogP contribution in [0.4, 0.5) is 0 Å². The molecule has 0 aliphatic carbocycles. The summed E-state index contributed by atoms with van der Waals surface area (Å²) in [7, 11) is 0. The van der Waals surface area contributed by atoms with Crippen LogP contribution in [0.15, 0.2) is 0 Å². The molecule has 0 aliphatic heterocycles. The van der Waals surface area contributed by atoms with Crippen molar-refractivity contribution >= 4 is 35.5 Å². The Morgan fingerprint density at radius 2 is 1.88 bits per heavy atom. The summed E-state index contributed by atoms with van der Waals surface area (Å²) in [4.78, 5) is 0. The van der Waals surface area contributed by atoms with Gasteiger partial charge in [0.25, 0.3) is 0 Å². The maximum absolute atomic E-state index is 8.24. The molecule has 0 aromatic heterocycles. The number of aliphatic hydroxyl groups excluding tert-OH is 1. The third kappa shape index (κ3) is 15.7. The monoisotopic (exact) mass is 150 g/mol. The fourth-order valence-electron chi connectivity index (χ4n) is 0.258. The molecule has 8 heavy (non-hydrogen) atoms. The zero-order valence-electron chi connectivity index (χ0n) is 7.55. The number of halogens is 1. The Hall–Kier alpha value is 1.02. The second-order valence-electron chi connectivity index (χ2n) is 1.91. The van der Waals surface area contributed by atoms with E-state index in [9.17, 15) is 0 Å². The summed E-state index contributed by atoms with van der Waals surface area (Å²) in [6.45, 7) is 4.52. The first kappa shape index (κ1) is 16.0. The van der Waals surface area contributed by atoms with Crippen molar-refractivity contribution < 1.29 is 7.96 Å². The minimum Gasteiger partial charge on any atom is -1.00 e. The number of hydrogen-bond donors (Lipinski definition) is 1. The van der Waals surface area contributed by atoms with Crippen LogP contribution < -0.4 is 0 Å². The molecule has 0 rings (SSSR count). The molecular formula is C5H15ClMgO. The van der Waals surface area contributed by atoms with E-state index in [0.717, 1.165) is 6.42 Å². The van der Waals surface area contributed by atoms with Crippen LogP contribution in [0.2, 0.25) is 0 Å². The molecule has 3 heteroatoms. The van der Waals surface area contributed by atoms with Crippen molar-refractivity contribution in [3.05, 3.63) is 0 Å². The molecule has 0 bridgehead atoms. The van der Waals surface area contributed by atoms with Crippen LogP contribution >= 0.6 is 12.4 Å². The SMILES string of the molecule is CC(C)CCO.Cl.[H-].[H-].[Mg+2]. The molecule has 0 radical (unpaired) electrons. The third-order valence-corrected chi connectivity index (χ3v) is 0.706. The van der Waals surface area contributed by atoms with E-state index in [1.165, 1.54) is 0 Å². The van der Waals surface area contributed by atoms with Gasteiger partial charge >= 0.3 is 23.1 Å². The number of hydrogen-bond acceptors (Lipinski definition) is 1. The van der Waals surface area contributed by atoms with Gasteiger partial charge in [0.1, 0.15) is 0 Å². The van der Waals surface area contributed by atoms with E-state index in [1.54, 1.807) is 0 Å². The second-order valence-corrected chi connectivity index (χ2v) is 1.91. The van der Waals surface area contributed by atoms with Gasteiger partial charge in [-0.1, -0.05) is 13.8 Å². The zero-order valence-corrected chi connectivity index (χ0v) is 7.78. The normalized spacial score (nSPS) is 7.50. The van der Waals surface area contributed by atoms with Crippen molar-refractivity contribution in [3.8, 4) is 0 Å². The first-order chi connectivity index (χ1) is 2.77. The van der Waals surface area contributed by atoms with Crippen molar-refractivity contribution in [1.82, 2.24) is 0 Å². The molecule has 0 aromatic carbocycles. The third-order valence-electron chi connectivity index (χ3n) is 0.706. The maximum atomic E-state index is 8.24. The Labute approximate surface area is 76.4 Å². The first-order valence-corrected chi connectivity index (χ1v) is 2.38. The molecule has 0 unspecified atom stereocenters. The van der Waals surface area contributed by atoms with Crippen LogP contribution in [0.5, 0.6) is 0 Å². The molecular weight excluding hydrogens is 136 g/mol. The molecule has 0 aliphatic rings. The smallest absolute Gasteiger partial charge is 1.00 e.